The molecule has 0 saturated carbocycles. The maximum Gasteiger partial charge on any atom is 0.460 e. The van der Waals surface area contributed by atoms with Crippen LogP contribution < -0.4 is 0 Å². The van der Waals surface area contributed by atoms with E-state index in [1.807, 2.05) is 0 Å². The predicted molar refractivity (Wildman–Crippen MR) is 28.0 cm³/mol. The van der Waals surface area contributed by atoms with E-state index < -0.39 is 24.0 Å². The van der Waals surface area contributed by atoms with Crippen molar-refractivity contribution in [3.8, 4) is 0 Å². The van der Waals surface area contributed by atoms with Gasteiger partial charge < -0.3 is 4.74 Å². The number of carbonyl (C=O) groups is 1. The Morgan fingerprint density at radius 2 is 1.36 bits per heavy atom. The number of alkyl halides is 7. The van der Waals surface area contributed by atoms with Crippen LogP contribution in [0.4, 0.5) is 30.7 Å². The minimum atomic E-state index is -6.52. The van der Waals surface area contributed by atoms with Gasteiger partial charge >= 0.3 is 24.0 Å². The van der Waals surface area contributed by atoms with E-state index in [1.54, 1.807) is 0 Å². The largest absolute Gasteiger partial charge is 0.464 e. The maximum atomic E-state index is 12.1. The van der Waals surface area contributed by atoms with Crippen molar-refractivity contribution >= 4 is 5.97 Å². The molecule has 0 aromatic carbocycles. The molecule has 0 aliphatic rings. The first-order valence-electron chi connectivity index (χ1n) is 2.89. The summed E-state index contributed by atoms with van der Waals surface area (Å²) < 4.78 is 85.5. The van der Waals surface area contributed by atoms with Gasteiger partial charge in [-0.1, -0.05) is 0 Å². The normalized spacial score (nSPS) is 14.0. The van der Waals surface area contributed by atoms with Gasteiger partial charge in [-0.05, 0) is 0 Å². The monoisotopic (exact) mass is 228 g/mol. The van der Waals surface area contributed by atoms with Crippen LogP contribution in [0, 0.1) is 0 Å². The van der Waals surface area contributed by atoms with Gasteiger partial charge in [-0.25, -0.2) is 4.79 Å². The van der Waals surface area contributed by atoms with Crippen molar-refractivity contribution in [2.24, 2.45) is 0 Å². The van der Waals surface area contributed by atoms with Crippen molar-refractivity contribution < 1.29 is 40.3 Å². The predicted octanol–water partition coefficient (Wildman–Crippen LogP) is 1.99. The third kappa shape index (κ3) is 1.75. The number of methoxy groups -OCH3 is 1. The molecule has 0 heterocycles. The van der Waals surface area contributed by atoms with E-state index in [0.29, 0.717) is 0 Å². The molecule has 0 saturated heterocycles. The van der Waals surface area contributed by atoms with Crippen LogP contribution >= 0.6 is 0 Å². The van der Waals surface area contributed by atoms with Crippen molar-refractivity contribution in [2.75, 3.05) is 7.11 Å². The summed E-state index contributed by atoms with van der Waals surface area (Å²) in [5.41, 5.74) is 0. The highest BCUT2D eigenvalue weighted by Gasteiger charge is 2.77. The molecule has 0 rings (SSSR count). The third-order valence-corrected chi connectivity index (χ3v) is 1.19. The first-order chi connectivity index (χ1) is 5.98. The average Bonchev–Trinajstić information content (AvgIpc) is 2.00. The second kappa shape index (κ2) is 3.28. The summed E-state index contributed by atoms with van der Waals surface area (Å²) in [7, 11) is 0.267. The molecule has 0 aromatic rings. The lowest BCUT2D eigenvalue weighted by atomic mass is 10.1. The number of hydrogen-bond donors (Lipinski definition) is 0. The second-order valence-electron chi connectivity index (χ2n) is 2.14. The van der Waals surface area contributed by atoms with Gasteiger partial charge in [-0.2, -0.15) is 30.7 Å². The van der Waals surface area contributed by atoms with E-state index in [2.05, 4.69) is 4.74 Å². The van der Waals surface area contributed by atoms with E-state index in [0.717, 1.165) is 0 Å². The fourth-order valence-corrected chi connectivity index (χ4v) is 0.434. The Balaban J connectivity index is 5.18. The minimum absolute atomic E-state index is 0.267. The lowest BCUT2D eigenvalue weighted by Gasteiger charge is -2.25. The highest BCUT2D eigenvalue weighted by Crippen LogP contribution is 2.46. The van der Waals surface area contributed by atoms with Gasteiger partial charge in [0, 0.05) is 0 Å². The molecule has 0 amide bonds. The van der Waals surface area contributed by atoms with E-state index in [1.165, 1.54) is 0 Å². The summed E-state index contributed by atoms with van der Waals surface area (Å²) in [6.07, 6.45) is -6.52. The molecule has 0 aliphatic heterocycles. The van der Waals surface area contributed by atoms with Crippen LogP contribution in [-0.4, -0.2) is 31.1 Å². The number of halogens is 7. The SMILES string of the molecule is COC(=O)C(F)(F)C(F)(F)C(F)(F)F. The molecule has 2 nitrogen and oxygen atoms in total. The number of rotatable bonds is 2. The topological polar surface area (TPSA) is 26.3 Å². The highest BCUT2D eigenvalue weighted by atomic mass is 19.4. The van der Waals surface area contributed by atoms with Crippen molar-refractivity contribution in [1.29, 1.82) is 0 Å². The van der Waals surface area contributed by atoms with Crippen molar-refractivity contribution in [3.63, 3.8) is 0 Å². The third-order valence-electron chi connectivity index (χ3n) is 1.19. The van der Waals surface area contributed by atoms with Gasteiger partial charge in [0.15, 0.2) is 0 Å². The minimum Gasteiger partial charge on any atom is -0.464 e. The summed E-state index contributed by atoms with van der Waals surface area (Å²) in [4.78, 5) is 9.97. The molecule has 0 N–H and O–H groups in total. The zero-order valence-corrected chi connectivity index (χ0v) is 6.46. The summed E-state index contributed by atoms with van der Waals surface area (Å²) in [5, 5.41) is 0. The van der Waals surface area contributed by atoms with Crippen molar-refractivity contribution in [2.45, 2.75) is 18.0 Å². The zero-order valence-electron chi connectivity index (χ0n) is 6.46. The van der Waals surface area contributed by atoms with Crippen LogP contribution in [0.3, 0.4) is 0 Å². The molecule has 14 heavy (non-hydrogen) atoms. The Hall–Kier alpha value is -1.02. The average molecular weight is 228 g/mol. The van der Waals surface area contributed by atoms with E-state index in [9.17, 15) is 35.5 Å². The first-order valence-corrected chi connectivity index (χ1v) is 2.89. The molecule has 0 aliphatic carbocycles. The Labute approximate surface area is 72.6 Å². The number of hydrogen-bond acceptors (Lipinski definition) is 2. The molecule has 0 fully saturated rings. The smallest absolute Gasteiger partial charge is 0.460 e. The van der Waals surface area contributed by atoms with Gasteiger partial charge in [0.05, 0.1) is 7.11 Å². The van der Waals surface area contributed by atoms with Gasteiger partial charge in [-0.3, -0.25) is 0 Å². The van der Waals surface area contributed by atoms with Crippen LogP contribution in [0.5, 0.6) is 0 Å². The van der Waals surface area contributed by atoms with E-state index in [4.69, 9.17) is 0 Å². The molecule has 0 atom stereocenters. The molecule has 0 bridgehead atoms. The van der Waals surface area contributed by atoms with E-state index >= 15 is 0 Å². The Morgan fingerprint density at radius 1 is 1.00 bits per heavy atom. The maximum absolute atomic E-state index is 12.1. The zero-order chi connectivity index (χ0) is 11.8. The van der Waals surface area contributed by atoms with E-state index in [-0.39, 0.29) is 7.11 Å². The Bertz CT molecular complexity index is 231. The van der Waals surface area contributed by atoms with Crippen LogP contribution in [0.1, 0.15) is 0 Å². The molecular formula is C5H3F7O2. The summed E-state index contributed by atoms with van der Waals surface area (Å²) in [6, 6.07) is 0. The van der Waals surface area contributed by atoms with Crippen LogP contribution in [0.15, 0.2) is 0 Å². The second-order valence-corrected chi connectivity index (χ2v) is 2.14. The number of ether oxygens (including phenoxy) is 1. The number of esters is 1. The fraction of sp³-hybridized carbons (Fsp3) is 0.800. The van der Waals surface area contributed by atoms with Crippen LogP contribution in [0.2, 0.25) is 0 Å². The lowest BCUT2D eigenvalue weighted by Crippen LogP contribution is -2.56. The highest BCUT2D eigenvalue weighted by molar-refractivity contribution is 5.79. The first kappa shape index (κ1) is 13.0. The van der Waals surface area contributed by atoms with Gasteiger partial charge in [0.1, 0.15) is 0 Å². The molecule has 0 radical (unpaired) electrons. The quantitative estimate of drug-likeness (QED) is 0.533. The number of carbonyl (C=O) groups excluding carboxylic acids is 1. The van der Waals surface area contributed by atoms with Gasteiger partial charge in [-0.15, -0.1) is 0 Å². The molecular weight excluding hydrogens is 225 g/mol. The van der Waals surface area contributed by atoms with Gasteiger partial charge in [0.2, 0.25) is 0 Å². The molecule has 9 heteroatoms. The standard InChI is InChI=1S/C5H3F7O2/c1-14-2(13)3(6,7)4(8,9)5(10,11)12/h1H3. The molecule has 0 aromatic heterocycles. The van der Waals surface area contributed by atoms with Crippen LogP contribution in [0.25, 0.3) is 0 Å². The van der Waals surface area contributed by atoms with Crippen molar-refractivity contribution in [1.82, 2.24) is 0 Å². The van der Waals surface area contributed by atoms with Crippen LogP contribution in [-0.2, 0) is 9.53 Å². The van der Waals surface area contributed by atoms with Gasteiger partial charge in [0.25, 0.3) is 0 Å². The Kier molecular flexibility index (Phi) is 3.04. The summed E-state index contributed by atoms with van der Waals surface area (Å²) in [6.45, 7) is 0. The summed E-state index contributed by atoms with van der Waals surface area (Å²) in [5.74, 6) is -15.3. The molecule has 84 valence electrons. The Morgan fingerprint density at radius 3 is 1.57 bits per heavy atom. The van der Waals surface area contributed by atoms with Crippen molar-refractivity contribution in [3.05, 3.63) is 0 Å². The fourth-order valence-electron chi connectivity index (χ4n) is 0.434. The summed E-state index contributed by atoms with van der Waals surface area (Å²) >= 11 is 0. The lowest BCUT2D eigenvalue weighted by molar-refractivity contribution is -0.348. The molecule has 0 spiro atoms. The molecule has 0 unspecified atom stereocenters.